The average molecular weight is 326 g/mol. The van der Waals surface area contributed by atoms with Gasteiger partial charge in [-0.1, -0.05) is 37.5 Å². The first-order chi connectivity index (χ1) is 10.3. The third-order valence-electron chi connectivity index (χ3n) is 2.91. The molecule has 0 atom stereocenters. The minimum Gasteiger partial charge on any atom is -0.339 e. The van der Waals surface area contributed by atoms with Gasteiger partial charge >= 0.3 is 0 Å². The van der Waals surface area contributed by atoms with Crippen molar-refractivity contribution in [2.75, 3.05) is 5.32 Å². The summed E-state index contributed by atoms with van der Waals surface area (Å²) < 4.78 is 18.1. The quantitative estimate of drug-likeness (QED) is 0.930. The van der Waals surface area contributed by atoms with Gasteiger partial charge in [-0.2, -0.15) is 4.98 Å². The van der Waals surface area contributed by atoms with Gasteiger partial charge in [0.05, 0.1) is 5.02 Å². The number of halogens is 2. The zero-order valence-electron chi connectivity index (χ0n) is 12.6. The number of nitrogens with zero attached hydrogens (tertiary/aromatic N) is 2. The van der Waals surface area contributed by atoms with E-state index in [0.29, 0.717) is 23.8 Å². The number of hydrogen-bond donors (Lipinski definition) is 1. The maximum absolute atomic E-state index is 13.0. The zero-order valence-corrected chi connectivity index (χ0v) is 13.4. The van der Waals surface area contributed by atoms with E-state index in [4.69, 9.17) is 16.1 Å². The Balaban J connectivity index is 1.90. The van der Waals surface area contributed by atoms with Crippen LogP contribution in [-0.2, 0) is 16.6 Å². The zero-order chi connectivity index (χ0) is 16.3. The second-order valence-corrected chi connectivity index (χ2v) is 6.35. The molecule has 0 saturated carbocycles. The molecule has 5 nitrogen and oxygen atoms in total. The largest absolute Gasteiger partial charge is 0.339 e. The fraction of sp³-hybridized carbons (Fsp3) is 0.400. The van der Waals surface area contributed by atoms with Crippen molar-refractivity contribution in [3.05, 3.63) is 40.8 Å². The van der Waals surface area contributed by atoms with Gasteiger partial charge in [0.2, 0.25) is 11.8 Å². The van der Waals surface area contributed by atoms with Crippen LogP contribution in [-0.4, -0.2) is 16.0 Å². The highest BCUT2D eigenvalue weighted by molar-refractivity contribution is 6.31. The monoisotopic (exact) mass is 325 g/mol. The summed E-state index contributed by atoms with van der Waals surface area (Å²) in [5, 5.41) is 6.49. The number of aromatic nitrogens is 2. The van der Waals surface area contributed by atoms with Gasteiger partial charge in [0.15, 0.2) is 5.82 Å². The van der Waals surface area contributed by atoms with Gasteiger partial charge in [0, 0.05) is 23.9 Å². The van der Waals surface area contributed by atoms with Gasteiger partial charge in [0.25, 0.3) is 0 Å². The topological polar surface area (TPSA) is 68.0 Å². The van der Waals surface area contributed by atoms with E-state index >= 15 is 0 Å². The lowest BCUT2D eigenvalue weighted by molar-refractivity contribution is -0.116. The molecule has 0 aliphatic rings. The highest BCUT2D eigenvalue weighted by Gasteiger charge is 2.21. The van der Waals surface area contributed by atoms with Gasteiger partial charge in [-0.25, -0.2) is 4.39 Å². The van der Waals surface area contributed by atoms with E-state index in [1.54, 1.807) is 0 Å². The molecule has 7 heteroatoms. The summed E-state index contributed by atoms with van der Waals surface area (Å²) in [6.07, 6.45) is 0.518. The molecule has 0 bridgehead atoms. The maximum atomic E-state index is 13.0. The van der Waals surface area contributed by atoms with Gasteiger partial charge in [0.1, 0.15) is 5.82 Å². The molecule has 1 heterocycles. The van der Waals surface area contributed by atoms with Gasteiger partial charge < -0.3 is 9.84 Å². The molecule has 2 rings (SSSR count). The van der Waals surface area contributed by atoms with Crippen molar-refractivity contribution in [2.24, 2.45) is 0 Å². The Bertz CT molecular complexity index is 680. The molecule has 0 aliphatic heterocycles. The van der Waals surface area contributed by atoms with Gasteiger partial charge in [-0.05, 0) is 18.2 Å². The molecule has 118 valence electrons. The van der Waals surface area contributed by atoms with Crippen LogP contribution >= 0.6 is 11.6 Å². The van der Waals surface area contributed by atoms with Crippen molar-refractivity contribution in [3.8, 4) is 0 Å². The number of nitrogens with one attached hydrogen (secondary N) is 1. The number of carbonyl (C=O) groups excluding carboxylic acids is 1. The molecular weight excluding hydrogens is 309 g/mol. The van der Waals surface area contributed by atoms with Crippen molar-refractivity contribution < 1.29 is 13.7 Å². The second kappa shape index (κ2) is 6.44. The molecule has 1 amide bonds. The van der Waals surface area contributed by atoms with E-state index in [2.05, 4.69) is 15.5 Å². The second-order valence-electron chi connectivity index (χ2n) is 5.94. The van der Waals surface area contributed by atoms with Crippen LogP contribution < -0.4 is 5.32 Å². The summed E-state index contributed by atoms with van der Waals surface area (Å²) >= 11 is 5.66. The van der Waals surface area contributed by atoms with E-state index in [1.165, 1.54) is 18.2 Å². The van der Waals surface area contributed by atoms with Crippen molar-refractivity contribution in [3.63, 3.8) is 0 Å². The molecule has 22 heavy (non-hydrogen) atoms. The summed E-state index contributed by atoms with van der Waals surface area (Å²) in [6.45, 7) is 5.94. The Kier molecular flexibility index (Phi) is 4.81. The Morgan fingerprint density at radius 2 is 2.14 bits per heavy atom. The van der Waals surface area contributed by atoms with Crippen LogP contribution in [0.1, 0.15) is 38.9 Å². The van der Waals surface area contributed by atoms with Crippen LogP contribution in [0.5, 0.6) is 0 Å². The minimum atomic E-state index is -0.528. The van der Waals surface area contributed by atoms with Crippen molar-refractivity contribution in [2.45, 2.75) is 39.0 Å². The van der Waals surface area contributed by atoms with E-state index in [-0.39, 0.29) is 22.8 Å². The predicted molar refractivity (Wildman–Crippen MR) is 81.4 cm³/mol. The highest BCUT2D eigenvalue weighted by Crippen LogP contribution is 2.20. The van der Waals surface area contributed by atoms with E-state index < -0.39 is 5.82 Å². The Morgan fingerprint density at radius 1 is 1.41 bits per heavy atom. The third-order valence-corrected chi connectivity index (χ3v) is 3.20. The fourth-order valence-corrected chi connectivity index (χ4v) is 1.86. The molecule has 2 aromatic rings. The molecule has 1 N–H and O–H groups in total. The van der Waals surface area contributed by atoms with Crippen molar-refractivity contribution in [1.82, 2.24) is 10.1 Å². The lowest BCUT2D eigenvalue weighted by Crippen LogP contribution is -2.14. The van der Waals surface area contributed by atoms with Crippen molar-refractivity contribution >= 4 is 23.2 Å². The molecule has 0 radical (unpaired) electrons. The number of aryl methyl sites for hydroxylation is 1. The smallest absolute Gasteiger partial charge is 0.227 e. The van der Waals surface area contributed by atoms with Crippen LogP contribution in [0.25, 0.3) is 0 Å². The number of anilines is 1. The first-order valence-corrected chi connectivity index (χ1v) is 7.21. The minimum absolute atomic E-state index is 0.0375. The first-order valence-electron chi connectivity index (χ1n) is 6.83. The molecule has 1 aromatic carbocycles. The van der Waals surface area contributed by atoms with Gasteiger partial charge in [-0.15, -0.1) is 0 Å². The van der Waals surface area contributed by atoms with Crippen LogP contribution in [0.4, 0.5) is 10.1 Å². The Hall–Kier alpha value is -1.95. The van der Waals surface area contributed by atoms with Crippen LogP contribution in [0.2, 0.25) is 5.02 Å². The third kappa shape index (κ3) is 4.27. The summed E-state index contributed by atoms with van der Waals surface area (Å²) in [5.41, 5.74) is 0.242. The number of hydrogen-bond acceptors (Lipinski definition) is 4. The number of amides is 1. The SMILES string of the molecule is CC(C)(C)c1noc(CCC(=O)Nc2ccc(F)c(Cl)c2)n1. The summed E-state index contributed by atoms with van der Waals surface area (Å²) in [4.78, 5) is 16.1. The fourth-order valence-electron chi connectivity index (χ4n) is 1.68. The van der Waals surface area contributed by atoms with Crippen molar-refractivity contribution in [1.29, 1.82) is 0 Å². The summed E-state index contributed by atoms with van der Waals surface area (Å²) in [7, 11) is 0. The molecule has 0 saturated heterocycles. The van der Waals surface area contributed by atoms with Gasteiger partial charge in [-0.3, -0.25) is 4.79 Å². The highest BCUT2D eigenvalue weighted by atomic mass is 35.5. The normalized spacial score (nSPS) is 11.5. The molecule has 0 aliphatic carbocycles. The van der Waals surface area contributed by atoms with E-state index in [1.807, 2.05) is 20.8 Å². The standard InChI is InChI=1S/C15H17ClFN3O2/c1-15(2,3)14-19-13(22-20-14)7-6-12(21)18-9-4-5-11(17)10(16)8-9/h4-5,8H,6-7H2,1-3H3,(H,18,21). The molecular formula is C15H17ClFN3O2. The van der Waals surface area contributed by atoms with E-state index in [9.17, 15) is 9.18 Å². The average Bonchev–Trinajstić information content (AvgIpc) is 2.89. The molecule has 0 unspecified atom stereocenters. The summed E-state index contributed by atoms with van der Waals surface area (Å²) in [5.74, 6) is 0.254. The number of carbonyl (C=O) groups is 1. The summed E-state index contributed by atoms with van der Waals surface area (Å²) in [6, 6.07) is 4.01. The predicted octanol–water partition coefficient (Wildman–Crippen LogP) is 3.73. The maximum Gasteiger partial charge on any atom is 0.227 e. The number of benzene rings is 1. The molecule has 1 aromatic heterocycles. The van der Waals surface area contributed by atoms with Crippen LogP contribution in [0.3, 0.4) is 0 Å². The molecule has 0 spiro atoms. The lowest BCUT2D eigenvalue weighted by Gasteiger charge is -2.10. The van der Waals surface area contributed by atoms with Crippen LogP contribution in [0.15, 0.2) is 22.7 Å². The van der Waals surface area contributed by atoms with E-state index in [0.717, 1.165) is 0 Å². The number of rotatable bonds is 4. The lowest BCUT2D eigenvalue weighted by atomic mass is 9.96. The Labute approximate surface area is 132 Å². The first kappa shape index (κ1) is 16.4. The van der Waals surface area contributed by atoms with Crippen LogP contribution in [0, 0.1) is 5.82 Å². The molecule has 0 fully saturated rings. The Morgan fingerprint density at radius 3 is 2.73 bits per heavy atom.